The fourth-order valence-corrected chi connectivity index (χ4v) is 6.39. The van der Waals surface area contributed by atoms with E-state index < -0.39 is 0 Å². The van der Waals surface area contributed by atoms with Crippen molar-refractivity contribution in [2.45, 2.75) is 13.5 Å². The summed E-state index contributed by atoms with van der Waals surface area (Å²) in [6.07, 6.45) is 8.14. The molecule has 8 nitrogen and oxygen atoms in total. The van der Waals surface area contributed by atoms with Crippen LogP contribution in [-0.4, -0.2) is 49.8 Å². The van der Waals surface area contributed by atoms with Crippen LogP contribution in [0.2, 0.25) is 0 Å². The maximum absolute atomic E-state index is 13.2. The normalized spacial score (nSPS) is 16.5. The van der Waals surface area contributed by atoms with E-state index in [9.17, 15) is 4.39 Å². The SMILES string of the molecule is Cc1cn2c(C3=CN[I-]C=C3)cnc2c(Nc2cc(CN3CCN(c4ccc(F)cc4)CC3)ns2)n1. The molecular formula is C25H25FIN8S-. The number of hydrogen-bond acceptors (Lipinski definition) is 8. The van der Waals surface area contributed by atoms with E-state index in [0.29, 0.717) is 0 Å². The summed E-state index contributed by atoms with van der Waals surface area (Å²) < 4.78 is 25.6. The number of piperazine rings is 1. The van der Waals surface area contributed by atoms with Crippen molar-refractivity contribution in [2.24, 2.45) is 0 Å². The minimum absolute atomic E-state index is 0.0851. The summed E-state index contributed by atoms with van der Waals surface area (Å²) in [7, 11) is 0. The van der Waals surface area contributed by atoms with Crippen molar-refractivity contribution in [1.29, 1.82) is 0 Å². The molecule has 186 valence electrons. The number of nitrogens with zero attached hydrogens (tertiary/aromatic N) is 6. The van der Waals surface area contributed by atoms with Crippen LogP contribution in [0.3, 0.4) is 0 Å². The van der Waals surface area contributed by atoms with E-state index in [0.717, 1.165) is 77.5 Å². The first kappa shape index (κ1) is 23.4. The molecule has 5 heterocycles. The Morgan fingerprint density at radius 3 is 2.78 bits per heavy atom. The van der Waals surface area contributed by atoms with Crippen LogP contribution in [0.4, 0.5) is 20.9 Å². The average molecular weight is 616 g/mol. The van der Waals surface area contributed by atoms with Crippen LogP contribution in [-0.2, 0) is 6.54 Å². The van der Waals surface area contributed by atoms with Crippen LogP contribution >= 0.6 is 11.5 Å². The number of allylic oxidation sites excluding steroid dienone is 2. The molecule has 36 heavy (non-hydrogen) atoms. The Morgan fingerprint density at radius 1 is 1.17 bits per heavy atom. The molecule has 4 aromatic rings. The third-order valence-corrected chi connectivity index (χ3v) is 8.37. The van der Waals surface area contributed by atoms with Gasteiger partial charge in [0.25, 0.3) is 0 Å². The summed E-state index contributed by atoms with van der Waals surface area (Å²) in [6, 6.07) is 8.85. The standard InChI is InChI=1S/C25H25FIN8S/c1-17-15-35-22(18-6-7-27-29-13-18)14-28-25(35)24(30-17)31-23-12-20(32-36-23)16-33-8-10-34(11-9-33)21-4-2-19(26)3-5-21/h2-7,12-15,29H,8-11,16H2,1H3,(H,30,31)/q-1. The molecule has 2 aliphatic rings. The van der Waals surface area contributed by atoms with Crippen LogP contribution < -0.4 is 35.2 Å². The van der Waals surface area contributed by atoms with Crippen molar-refractivity contribution in [3.63, 3.8) is 0 Å². The van der Waals surface area contributed by atoms with Crippen molar-refractivity contribution in [3.8, 4) is 0 Å². The van der Waals surface area contributed by atoms with E-state index in [1.807, 2.05) is 31.5 Å². The monoisotopic (exact) mass is 615 g/mol. The van der Waals surface area contributed by atoms with Gasteiger partial charge in [0.1, 0.15) is 5.82 Å². The van der Waals surface area contributed by atoms with Gasteiger partial charge in [0, 0.05) is 31.9 Å². The van der Waals surface area contributed by atoms with Crippen molar-refractivity contribution in [1.82, 2.24) is 27.2 Å². The first-order valence-corrected chi connectivity index (χ1v) is 14.8. The summed E-state index contributed by atoms with van der Waals surface area (Å²) in [5, 5.41) is 4.40. The van der Waals surface area contributed by atoms with Crippen LogP contribution in [0.1, 0.15) is 17.1 Å². The molecule has 3 aromatic heterocycles. The quantitative estimate of drug-likeness (QED) is 0.249. The topological polar surface area (TPSA) is 73.6 Å². The fourth-order valence-electron chi connectivity index (χ4n) is 4.45. The first-order chi connectivity index (χ1) is 17.6. The summed E-state index contributed by atoms with van der Waals surface area (Å²) in [5.41, 5.74) is 5.97. The van der Waals surface area contributed by atoms with Gasteiger partial charge in [-0.3, -0.25) is 4.90 Å². The van der Waals surface area contributed by atoms with Crippen molar-refractivity contribution in [2.75, 3.05) is 36.4 Å². The number of anilines is 3. The number of rotatable bonds is 6. The fraction of sp³-hybridized carbons (Fsp3) is 0.240. The van der Waals surface area contributed by atoms with E-state index in [-0.39, 0.29) is 27.3 Å². The Bertz CT molecular complexity index is 1440. The molecule has 1 saturated heterocycles. The number of imidazole rings is 1. The number of fused-ring (bicyclic) bond motifs is 1. The van der Waals surface area contributed by atoms with Crippen molar-refractivity contribution < 1.29 is 25.9 Å². The molecule has 11 heteroatoms. The van der Waals surface area contributed by atoms with E-state index in [4.69, 9.17) is 4.98 Å². The Morgan fingerprint density at radius 2 is 2.00 bits per heavy atom. The van der Waals surface area contributed by atoms with Gasteiger partial charge >= 0.3 is 148 Å². The summed E-state index contributed by atoms with van der Waals surface area (Å²) >= 11 is 1.36. The van der Waals surface area contributed by atoms with Gasteiger partial charge < -0.3 is 4.90 Å². The van der Waals surface area contributed by atoms with Gasteiger partial charge in [-0.2, -0.15) is 0 Å². The number of hydrogen-bond donors (Lipinski definition) is 2. The Hall–Kier alpha value is -3.03. The summed E-state index contributed by atoms with van der Waals surface area (Å²) in [5.74, 6) is 0.530. The van der Waals surface area contributed by atoms with Gasteiger partial charge in [-0.05, 0) is 24.3 Å². The summed E-state index contributed by atoms with van der Waals surface area (Å²) in [4.78, 5) is 14.1. The molecule has 1 aromatic carbocycles. The molecule has 0 atom stereocenters. The molecule has 0 unspecified atom stereocenters. The predicted octanol–water partition coefficient (Wildman–Crippen LogP) is 1.16. The first-order valence-electron chi connectivity index (χ1n) is 11.7. The second kappa shape index (κ2) is 10.1. The molecule has 0 amide bonds. The molecule has 1 fully saturated rings. The average Bonchev–Trinajstić information content (AvgIpc) is 3.52. The molecule has 2 aliphatic heterocycles. The number of aryl methyl sites for hydroxylation is 1. The van der Waals surface area contributed by atoms with Crippen molar-refractivity contribution >= 4 is 39.3 Å². The molecule has 2 N–H and O–H groups in total. The van der Waals surface area contributed by atoms with Crippen LogP contribution in [0.15, 0.2) is 59.1 Å². The molecule has 6 rings (SSSR count). The van der Waals surface area contributed by atoms with E-state index in [1.165, 1.54) is 23.7 Å². The second-order valence-corrected chi connectivity index (χ2v) is 11.5. The third-order valence-electron chi connectivity index (χ3n) is 6.24. The molecule has 0 aliphatic carbocycles. The molecule has 0 spiro atoms. The number of benzene rings is 1. The molecule has 0 saturated carbocycles. The van der Waals surface area contributed by atoms with Gasteiger partial charge in [-0.25, -0.2) is 4.39 Å². The molecule has 0 radical (unpaired) electrons. The van der Waals surface area contributed by atoms with Crippen LogP contribution in [0.5, 0.6) is 0 Å². The van der Waals surface area contributed by atoms with Gasteiger partial charge in [0.2, 0.25) is 0 Å². The second-order valence-electron chi connectivity index (χ2n) is 8.73. The zero-order valence-corrected chi connectivity index (χ0v) is 22.6. The summed E-state index contributed by atoms with van der Waals surface area (Å²) in [6.45, 7) is 6.50. The van der Waals surface area contributed by atoms with Gasteiger partial charge in [0.15, 0.2) is 0 Å². The minimum atomic E-state index is -0.197. The number of nitrogens with one attached hydrogen (secondary N) is 2. The predicted molar refractivity (Wildman–Crippen MR) is 137 cm³/mol. The molecular weight excluding hydrogens is 590 g/mol. The zero-order valence-electron chi connectivity index (χ0n) is 19.7. The van der Waals surface area contributed by atoms with Gasteiger partial charge in [-0.15, -0.1) is 0 Å². The van der Waals surface area contributed by atoms with Gasteiger partial charge in [0.05, 0.1) is 0 Å². The zero-order chi connectivity index (χ0) is 24.5. The van der Waals surface area contributed by atoms with E-state index in [2.05, 4.69) is 54.8 Å². The Labute approximate surface area is 223 Å². The Kier molecular flexibility index (Phi) is 6.59. The third kappa shape index (κ3) is 4.95. The van der Waals surface area contributed by atoms with E-state index in [1.54, 1.807) is 0 Å². The number of halogens is 2. The maximum atomic E-state index is 13.2. The van der Waals surface area contributed by atoms with E-state index >= 15 is 0 Å². The van der Waals surface area contributed by atoms with Crippen molar-refractivity contribution in [3.05, 3.63) is 82.0 Å². The molecule has 0 bridgehead atoms. The number of aromatic nitrogens is 4. The van der Waals surface area contributed by atoms with Gasteiger partial charge in [-0.1, -0.05) is 0 Å². The van der Waals surface area contributed by atoms with Crippen LogP contribution in [0, 0.1) is 12.7 Å². The van der Waals surface area contributed by atoms with Crippen LogP contribution in [0.25, 0.3) is 11.2 Å². The Balaban J connectivity index is 1.12.